The SMILES string of the molecule is Cc1cc(Br)ccc1C(=O)N1CC(O)(C(C)C)C1. The fourth-order valence-electron chi connectivity index (χ4n) is 2.16. The van der Waals surface area contributed by atoms with Crippen molar-refractivity contribution in [3.63, 3.8) is 0 Å². The number of carbonyl (C=O) groups is 1. The Kier molecular flexibility index (Phi) is 3.52. The zero-order valence-electron chi connectivity index (χ0n) is 10.9. The number of halogens is 1. The van der Waals surface area contributed by atoms with Crippen LogP contribution in [-0.4, -0.2) is 34.6 Å². The van der Waals surface area contributed by atoms with Crippen molar-refractivity contribution in [2.45, 2.75) is 26.4 Å². The second-order valence-electron chi connectivity index (χ2n) is 5.38. The number of β-amino-alcohol motifs (C(OH)–C–C–N with tert-alkyl or cyclic N) is 1. The van der Waals surface area contributed by atoms with Gasteiger partial charge in [-0.05, 0) is 36.6 Å². The first-order chi connectivity index (χ1) is 8.33. The molecule has 1 heterocycles. The molecule has 18 heavy (non-hydrogen) atoms. The Morgan fingerprint density at radius 2 is 2.06 bits per heavy atom. The fraction of sp³-hybridized carbons (Fsp3) is 0.500. The third kappa shape index (κ3) is 2.31. The Balaban J connectivity index is 2.11. The van der Waals surface area contributed by atoms with Gasteiger partial charge in [0.15, 0.2) is 0 Å². The van der Waals surface area contributed by atoms with Gasteiger partial charge in [0.2, 0.25) is 0 Å². The predicted octanol–water partition coefficient (Wildman–Crippen LogP) is 2.60. The van der Waals surface area contributed by atoms with E-state index in [1.54, 1.807) is 4.90 Å². The molecule has 1 fully saturated rings. The summed E-state index contributed by atoms with van der Waals surface area (Å²) in [4.78, 5) is 14.0. The molecule has 0 radical (unpaired) electrons. The average molecular weight is 312 g/mol. The number of hydrogen-bond acceptors (Lipinski definition) is 2. The van der Waals surface area contributed by atoms with Crippen LogP contribution < -0.4 is 0 Å². The number of aryl methyl sites for hydroxylation is 1. The van der Waals surface area contributed by atoms with Gasteiger partial charge in [-0.2, -0.15) is 0 Å². The summed E-state index contributed by atoms with van der Waals surface area (Å²) in [5.74, 6) is 0.179. The molecular formula is C14H18BrNO2. The summed E-state index contributed by atoms with van der Waals surface area (Å²) in [5, 5.41) is 10.2. The van der Waals surface area contributed by atoms with Gasteiger partial charge in [-0.1, -0.05) is 29.8 Å². The van der Waals surface area contributed by atoms with E-state index in [0.717, 1.165) is 10.0 Å². The predicted molar refractivity (Wildman–Crippen MR) is 74.6 cm³/mol. The largest absolute Gasteiger partial charge is 0.386 e. The van der Waals surface area contributed by atoms with E-state index in [1.807, 2.05) is 39.0 Å². The lowest BCUT2D eigenvalue weighted by atomic mass is 9.82. The Morgan fingerprint density at radius 1 is 1.44 bits per heavy atom. The summed E-state index contributed by atoms with van der Waals surface area (Å²) in [6.07, 6.45) is 0. The second kappa shape index (κ2) is 4.67. The Hall–Kier alpha value is -0.870. The molecule has 1 aromatic carbocycles. The van der Waals surface area contributed by atoms with Gasteiger partial charge in [0, 0.05) is 10.0 Å². The molecule has 0 bridgehead atoms. The lowest BCUT2D eigenvalue weighted by Gasteiger charge is -2.49. The van der Waals surface area contributed by atoms with Gasteiger partial charge >= 0.3 is 0 Å². The quantitative estimate of drug-likeness (QED) is 0.912. The number of rotatable bonds is 2. The van der Waals surface area contributed by atoms with Crippen LogP contribution in [0.1, 0.15) is 29.8 Å². The van der Waals surface area contributed by atoms with Crippen LogP contribution >= 0.6 is 15.9 Å². The highest BCUT2D eigenvalue weighted by atomic mass is 79.9. The Morgan fingerprint density at radius 3 is 2.56 bits per heavy atom. The van der Waals surface area contributed by atoms with E-state index in [0.29, 0.717) is 18.7 Å². The third-order valence-corrected chi connectivity index (χ3v) is 4.20. The van der Waals surface area contributed by atoms with Crippen LogP contribution in [0.2, 0.25) is 0 Å². The first-order valence-corrected chi connectivity index (χ1v) is 6.90. The molecule has 98 valence electrons. The van der Waals surface area contributed by atoms with Crippen molar-refractivity contribution >= 4 is 21.8 Å². The monoisotopic (exact) mass is 311 g/mol. The van der Waals surface area contributed by atoms with Gasteiger partial charge in [0.05, 0.1) is 13.1 Å². The van der Waals surface area contributed by atoms with Crippen LogP contribution in [0.4, 0.5) is 0 Å². The smallest absolute Gasteiger partial charge is 0.254 e. The van der Waals surface area contributed by atoms with Crippen LogP contribution in [0, 0.1) is 12.8 Å². The maximum Gasteiger partial charge on any atom is 0.254 e. The second-order valence-corrected chi connectivity index (χ2v) is 6.29. The molecule has 0 saturated carbocycles. The zero-order chi connectivity index (χ0) is 13.5. The van der Waals surface area contributed by atoms with E-state index in [2.05, 4.69) is 15.9 Å². The summed E-state index contributed by atoms with van der Waals surface area (Å²) in [6, 6.07) is 5.63. The molecule has 3 nitrogen and oxygen atoms in total. The molecule has 1 aliphatic rings. The maximum absolute atomic E-state index is 12.3. The minimum absolute atomic E-state index is 0.00493. The molecule has 4 heteroatoms. The number of carbonyl (C=O) groups excluding carboxylic acids is 1. The van der Waals surface area contributed by atoms with Crippen LogP contribution in [0.5, 0.6) is 0 Å². The minimum Gasteiger partial charge on any atom is -0.386 e. The molecule has 1 saturated heterocycles. The van der Waals surface area contributed by atoms with E-state index in [4.69, 9.17) is 0 Å². The number of hydrogen-bond donors (Lipinski definition) is 1. The van der Waals surface area contributed by atoms with Gasteiger partial charge in [-0.25, -0.2) is 0 Å². The van der Waals surface area contributed by atoms with E-state index < -0.39 is 5.60 Å². The summed E-state index contributed by atoms with van der Waals surface area (Å²) >= 11 is 3.39. The first kappa shape index (κ1) is 13.6. The summed E-state index contributed by atoms with van der Waals surface area (Å²) < 4.78 is 0.971. The zero-order valence-corrected chi connectivity index (χ0v) is 12.5. The summed E-state index contributed by atoms with van der Waals surface area (Å²) in [6.45, 7) is 6.74. The normalized spacial score (nSPS) is 17.8. The van der Waals surface area contributed by atoms with E-state index in [1.165, 1.54) is 0 Å². The molecule has 0 aromatic heterocycles. The van der Waals surface area contributed by atoms with Crippen LogP contribution in [0.25, 0.3) is 0 Å². The van der Waals surface area contributed by atoms with E-state index in [9.17, 15) is 9.90 Å². The van der Waals surface area contributed by atoms with Crippen molar-refractivity contribution in [1.29, 1.82) is 0 Å². The minimum atomic E-state index is -0.709. The van der Waals surface area contributed by atoms with Crippen molar-refractivity contribution in [2.24, 2.45) is 5.92 Å². The van der Waals surface area contributed by atoms with Crippen molar-refractivity contribution < 1.29 is 9.90 Å². The van der Waals surface area contributed by atoms with Gasteiger partial charge in [0.1, 0.15) is 5.60 Å². The number of likely N-dealkylation sites (tertiary alicyclic amines) is 1. The summed E-state index contributed by atoms with van der Waals surface area (Å²) in [7, 11) is 0. The lowest BCUT2D eigenvalue weighted by Crippen LogP contribution is -2.66. The molecule has 1 aromatic rings. The van der Waals surface area contributed by atoms with Gasteiger partial charge in [-0.3, -0.25) is 4.79 Å². The Bertz CT molecular complexity index is 479. The molecule has 1 aliphatic heterocycles. The molecule has 2 rings (SSSR count). The molecule has 0 unspecified atom stereocenters. The van der Waals surface area contributed by atoms with Crippen LogP contribution in [-0.2, 0) is 0 Å². The maximum atomic E-state index is 12.3. The van der Waals surface area contributed by atoms with Gasteiger partial charge in [0.25, 0.3) is 5.91 Å². The van der Waals surface area contributed by atoms with Crippen molar-refractivity contribution in [1.82, 2.24) is 4.90 Å². The number of amides is 1. The molecule has 0 aliphatic carbocycles. The average Bonchev–Trinajstić information content (AvgIpc) is 2.23. The van der Waals surface area contributed by atoms with E-state index in [-0.39, 0.29) is 11.8 Å². The van der Waals surface area contributed by atoms with Crippen molar-refractivity contribution in [3.05, 3.63) is 33.8 Å². The molecule has 1 N–H and O–H groups in total. The lowest BCUT2D eigenvalue weighted by molar-refractivity contribution is -0.110. The highest BCUT2D eigenvalue weighted by Gasteiger charge is 2.46. The third-order valence-electron chi connectivity index (χ3n) is 3.71. The highest BCUT2D eigenvalue weighted by molar-refractivity contribution is 9.10. The van der Waals surface area contributed by atoms with Crippen molar-refractivity contribution in [2.75, 3.05) is 13.1 Å². The van der Waals surface area contributed by atoms with Gasteiger partial charge < -0.3 is 10.0 Å². The van der Waals surface area contributed by atoms with Crippen LogP contribution in [0.15, 0.2) is 22.7 Å². The number of benzene rings is 1. The summed E-state index contributed by atoms with van der Waals surface area (Å²) in [5.41, 5.74) is 0.956. The standard InChI is InChI=1S/C14H18BrNO2/c1-9(2)14(18)7-16(8-14)13(17)12-5-4-11(15)6-10(12)3/h4-6,9,18H,7-8H2,1-3H3. The van der Waals surface area contributed by atoms with Crippen LogP contribution in [0.3, 0.4) is 0 Å². The molecule has 1 amide bonds. The number of aliphatic hydroxyl groups is 1. The number of nitrogens with zero attached hydrogens (tertiary/aromatic N) is 1. The molecule has 0 spiro atoms. The topological polar surface area (TPSA) is 40.5 Å². The van der Waals surface area contributed by atoms with E-state index >= 15 is 0 Å². The Labute approximate surface area is 116 Å². The fourth-order valence-corrected chi connectivity index (χ4v) is 2.64. The molecule has 0 atom stereocenters. The highest BCUT2D eigenvalue weighted by Crippen LogP contribution is 2.30. The van der Waals surface area contributed by atoms with Gasteiger partial charge in [-0.15, -0.1) is 0 Å². The van der Waals surface area contributed by atoms with Crippen molar-refractivity contribution in [3.8, 4) is 0 Å². The first-order valence-electron chi connectivity index (χ1n) is 6.11. The molecular weight excluding hydrogens is 294 g/mol.